The van der Waals surface area contributed by atoms with Crippen molar-refractivity contribution in [3.05, 3.63) is 78.8 Å². The molecule has 0 heterocycles. The van der Waals surface area contributed by atoms with Gasteiger partial charge in [0.2, 0.25) is 0 Å². The largest absolute Gasteiger partial charge is 0.457 e. The Morgan fingerprint density at radius 1 is 1.03 bits per heavy atom. The van der Waals surface area contributed by atoms with Crippen molar-refractivity contribution >= 4 is 5.70 Å². The average Bonchev–Trinajstić information content (AvgIpc) is 2.77. The molecule has 7 N–H and O–H groups in total. The van der Waals surface area contributed by atoms with Crippen molar-refractivity contribution in [2.75, 3.05) is 20.6 Å². The van der Waals surface area contributed by atoms with Gasteiger partial charge in [-0.05, 0) is 94.2 Å². The van der Waals surface area contributed by atoms with Crippen LogP contribution in [0.5, 0.6) is 11.5 Å². The third-order valence-corrected chi connectivity index (χ3v) is 5.28. The number of para-hydroxylation sites is 1. The zero-order valence-electron chi connectivity index (χ0n) is 18.7. The first-order valence-electron chi connectivity index (χ1n) is 10.9. The smallest absolute Gasteiger partial charge is 0.127 e. The molecule has 31 heavy (non-hydrogen) atoms. The van der Waals surface area contributed by atoms with E-state index < -0.39 is 0 Å². The van der Waals surface area contributed by atoms with Crippen molar-refractivity contribution in [2.45, 2.75) is 31.7 Å². The zero-order chi connectivity index (χ0) is 22.3. The second-order valence-electron chi connectivity index (χ2n) is 7.63. The molecule has 0 aromatic heterocycles. The molecule has 0 radical (unpaired) electrons. The van der Waals surface area contributed by atoms with Gasteiger partial charge in [-0.3, -0.25) is 0 Å². The maximum Gasteiger partial charge on any atom is 0.127 e. The van der Waals surface area contributed by atoms with Gasteiger partial charge in [0.1, 0.15) is 11.5 Å². The molecule has 0 spiro atoms. The van der Waals surface area contributed by atoms with Gasteiger partial charge < -0.3 is 32.2 Å². The van der Waals surface area contributed by atoms with Crippen LogP contribution in [-0.4, -0.2) is 26.7 Å². The lowest BCUT2D eigenvalue weighted by Crippen LogP contribution is -2.39. The molecule has 0 saturated heterocycles. The van der Waals surface area contributed by atoms with Crippen molar-refractivity contribution in [2.24, 2.45) is 17.4 Å². The van der Waals surface area contributed by atoms with E-state index in [2.05, 4.69) is 23.0 Å². The minimum atomic E-state index is 0.620. The summed E-state index contributed by atoms with van der Waals surface area (Å²) < 4.78 is 5.71. The number of benzene rings is 2. The summed E-state index contributed by atoms with van der Waals surface area (Å²) in [4.78, 5) is 0. The van der Waals surface area contributed by atoms with E-state index in [1.54, 1.807) is 12.4 Å². The molecule has 1 saturated carbocycles. The van der Waals surface area contributed by atoms with E-state index in [-0.39, 0.29) is 0 Å². The molecule has 2 aromatic carbocycles. The molecule has 1 aliphatic rings. The highest BCUT2D eigenvalue weighted by atomic mass is 16.5. The van der Waals surface area contributed by atoms with Crippen LogP contribution in [0.15, 0.2) is 73.2 Å². The lowest BCUT2D eigenvalue weighted by molar-refractivity contribution is 0.216. The summed E-state index contributed by atoms with van der Waals surface area (Å²) in [5.74, 6) is 2.59. The molecule has 0 bridgehead atoms. The maximum absolute atomic E-state index is 5.92. The Balaban J connectivity index is 0.000000262. The first-order chi connectivity index (χ1) is 15.2. The Morgan fingerprint density at radius 3 is 2.32 bits per heavy atom. The van der Waals surface area contributed by atoms with Crippen LogP contribution in [0.4, 0.5) is 0 Å². The van der Waals surface area contributed by atoms with Gasteiger partial charge in [-0.1, -0.05) is 18.2 Å². The highest BCUT2D eigenvalue weighted by Crippen LogP contribution is 2.30. The van der Waals surface area contributed by atoms with E-state index in [1.807, 2.05) is 61.6 Å². The van der Waals surface area contributed by atoms with E-state index in [1.165, 1.54) is 38.4 Å². The normalized spacial score (nSPS) is 18.1. The van der Waals surface area contributed by atoms with Crippen LogP contribution in [0.25, 0.3) is 5.70 Å². The highest BCUT2D eigenvalue weighted by Gasteiger charge is 2.26. The Labute approximate surface area is 186 Å². The molecular weight excluding hydrogens is 386 g/mol. The third kappa shape index (κ3) is 9.15. The van der Waals surface area contributed by atoms with Gasteiger partial charge in [0.25, 0.3) is 0 Å². The monoisotopic (exact) mass is 423 g/mol. The zero-order valence-corrected chi connectivity index (χ0v) is 18.7. The minimum absolute atomic E-state index is 0.620. The molecule has 0 amide bonds. The van der Waals surface area contributed by atoms with Crippen LogP contribution in [0, 0.1) is 5.92 Å². The first kappa shape index (κ1) is 24.3. The van der Waals surface area contributed by atoms with Crippen molar-refractivity contribution in [3.8, 4) is 11.5 Å². The lowest BCUT2D eigenvalue weighted by Gasteiger charge is -2.35. The minimum Gasteiger partial charge on any atom is -0.457 e. The van der Waals surface area contributed by atoms with Gasteiger partial charge in [-0.25, -0.2) is 0 Å². The SMILES string of the molecule is CNCCCC1CC(NC)C1.N/C=C\N/C=C(\N)c1ccc(Oc2ccccc2)cc1. The van der Waals surface area contributed by atoms with Gasteiger partial charge >= 0.3 is 0 Å². The summed E-state index contributed by atoms with van der Waals surface area (Å²) in [7, 11) is 4.09. The molecule has 0 atom stereocenters. The number of nitrogens with one attached hydrogen (secondary N) is 3. The molecule has 1 fully saturated rings. The van der Waals surface area contributed by atoms with Gasteiger partial charge in [0.15, 0.2) is 0 Å². The fraction of sp³-hybridized carbons (Fsp3) is 0.360. The molecule has 1 aliphatic carbocycles. The Bertz CT molecular complexity index is 783. The number of ether oxygens (including phenoxy) is 1. The van der Waals surface area contributed by atoms with Gasteiger partial charge in [-0.2, -0.15) is 0 Å². The highest BCUT2D eigenvalue weighted by molar-refractivity contribution is 5.63. The molecule has 3 rings (SSSR count). The van der Waals surface area contributed by atoms with Crippen LogP contribution < -0.4 is 32.2 Å². The summed E-state index contributed by atoms with van der Waals surface area (Å²) >= 11 is 0. The van der Waals surface area contributed by atoms with Crippen LogP contribution in [0.2, 0.25) is 0 Å². The predicted octanol–water partition coefficient (Wildman–Crippen LogP) is 3.74. The number of rotatable bonds is 10. The summed E-state index contributed by atoms with van der Waals surface area (Å²) in [5, 5.41) is 9.35. The fourth-order valence-corrected chi connectivity index (χ4v) is 3.39. The Morgan fingerprint density at radius 2 is 1.71 bits per heavy atom. The van der Waals surface area contributed by atoms with Crippen molar-refractivity contribution in [1.82, 2.24) is 16.0 Å². The second-order valence-corrected chi connectivity index (χ2v) is 7.63. The fourth-order valence-electron chi connectivity index (χ4n) is 3.39. The molecule has 0 aliphatic heterocycles. The molecule has 6 nitrogen and oxygen atoms in total. The van der Waals surface area contributed by atoms with E-state index in [0.29, 0.717) is 5.70 Å². The lowest BCUT2D eigenvalue weighted by atomic mass is 9.78. The quantitative estimate of drug-likeness (QED) is 0.374. The molecule has 6 heteroatoms. The van der Waals surface area contributed by atoms with Gasteiger partial charge in [-0.15, -0.1) is 0 Å². The van der Waals surface area contributed by atoms with Gasteiger partial charge in [0.05, 0.1) is 5.70 Å². The predicted molar refractivity (Wildman–Crippen MR) is 130 cm³/mol. The topological polar surface area (TPSA) is 97.4 Å². The summed E-state index contributed by atoms with van der Waals surface area (Å²) in [6.45, 7) is 1.18. The van der Waals surface area contributed by atoms with E-state index in [0.717, 1.165) is 29.0 Å². The van der Waals surface area contributed by atoms with E-state index in [9.17, 15) is 0 Å². The molecule has 2 aromatic rings. The maximum atomic E-state index is 5.92. The summed E-state index contributed by atoms with van der Waals surface area (Å²) in [6, 6.07) is 18.0. The standard InChI is InChI=1S/C16H17N3O.C9H20N2/c17-10-11-19-12-16(18)13-6-8-15(9-7-13)20-14-4-2-1-3-5-14;1-10-5-3-4-8-6-9(7-8)11-2/h1-12,19H,17-18H2;8-11H,3-7H2,1-2H3/b11-10-,16-12-;. The summed E-state index contributed by atoms with van der Waals surface area (Å²) in [6.07, 6.45) is 10.2. The van der Waals surface area contributed by atoms with Crippen LogP contribution in [-0.2, 0) is 0 Å². The molecular formula is C25H37N5O. The van der Waals surface area contributed by atoms with Crippen molar-refractivity contribution < 1.29 is 4.74 Å². The number of hydrogen-bond donors (Lipinski definition) is 5. The summed E-state index contributed by atoms with van der Waals surface area (Å²) in [5.41, 5.74) is 12.7. The number of nitrogens with two attached hydrogens (primary N) is 2. The molecule has 168 valence electrons. The number of hydrogen-bond acceptors (Lipinski definition) is 6. The van der Waals surface area contributed by atoms with Gasteiger partial charge in [0, 0.05) is 24.6 Å². The van der Waals surface area contributed by atoms with E-state index in [4.69, 9.17) is 16.2 Å². The second kappa shape index (κ2) is 14.1. The Kier molecular flexibility index (Phi) is 11.1. The van der Waals surface area contributed by atoms with Crippen LogP contribution in [0.1, 0.15) is 31.2 Å². The van der Waals surface area contributed by atoms with E-state index >= 15 is 0 Å². The van der Waals surface area contributed by atoms with Crippen LogP contribution >= 0.6 is 0 Å². The first-order valence-corrected chi connectivity index (χ1v) is 10.9. The van der Waals surface area contributed by atoms with Crippen molar-refractivity contribution in [3.63, 3.8) is 0 Å². The van der Waals surface area contributed by atoms with Crippen molar-refractivity contribution in [1.29, 1.82) is 0 Å². The average molecular weight is 424 g/mol. The van der Waals surface area contributed by atoms with Crippen LogP contribution in [0.3, 0.4) is 0 Å². The molecule has 0 unspecified atom stereocenters. The third-order valence-electron chi connectivity index (χ3n) is 5.28. The Hall–Kier alpha value is -2.96.